The molecule has 0 amide bonds. The van der Waals surface area contributed by atoms with E-state index in [0.717, 1.165) is 6.92 Å². The van der Waals surface area contributed by atoms with Crippen LogP contribution in [-0.4, -0.2) is 128 Å². The number of rotatable bonds is 7. The molecule has 0 radical (unpaired) electrons. The molecule has 28 heavy (non-hydrogen) atoms. The SMILES string of the molecule is CC(O)C(=O)O[C@H]1[C@H](O)[C@@H](CO)O[C@@]1(CO)O[C@H]1O[C@H](CO)[C@@H](O)[C@H](O)[C@H]1O. The minimum atomic E-state index is -2.36. The summed E-state index contributed by atoms with van der Waals surface area (Å²) >= 11 is 0. The number of aliphatic hydroxyl groups is 8. The van der Waals surface area contributed by atoms with Gasteiger partial charge in [-0.25, -0.2) is 4.79 Å². The average molecular weight is 414 g/mol. The Morgan fingerprint density at radius 1 is 1.00 bits per heavy atom. The molecule has 8 N–H and O–H groups in total. The molecule has 0 saturated carbocycles. The van der Waals surface area contributed by atoms with E-state index in [1.807, 2.05) is 0 Å². The van der Waals surface area contributed by atoms with Crippen molar-refractivity contribution in [2.24, 2.45) is 0 Å². The normalized spacial score (nSPS) is 45.0. The number of aliphatic hydroxyl groups excluding tert-OH is 8. The molecule has 13 heteroatoms. The van der Waals surface area contributed by atoms with E-state index >= 15 is 0 Å². The highest BCUT2D eigenvalue weighted by molar-refractivity contribution is 5.74. The Morgan fingerprint density at radius 3 is 2.11 bits per heavy atom. The van der Waals surface area contributed by atoms with Gasteiger partial charge in [-0.2, -0.15) is 0 Å². The number of hydrogen-bond donors (Lipinski definition) is 8. The van der Waals surface area contributed by atoms with Crippen molar-refractivity contribution in [1.29, 1.82) is 0 Å². The summed E-state index contributed by atoms with van der Waals surface area (Å²) in [6.07, 6.45) is -14.9. The molecule has 0 aromatic heterocycles. The molecule has 2 heterocycles. The molecule has 0 aliphatic carbocycles. The van der Waals surface area contributed by atoms with E-state index in [4.69, 9.17) is 18.9 Å². The van der Waals surface area contributed by atoms with Gasteiger partial charge in [-0.3, -0.25) is 0 Å². The lowest BCUT2D eigenvalue weighted by Gasteiger charge is -2.43. The van der Waals surface area contributed by atoms with E-state index in [1.54, 1.807) is 0 Å². The van der Waals surface area contributed by atoms with E-state index in [-0.39, 0.29) is 0 Å². The van der Waals surface area contributed by atoms with Crippen molar-refractivity contribution >= 4 is 5.97 Å². The Morgan fingerprint density at radius 2 is 1.61 bits per heavy atom. The summed E-state index contributed by atoms with van der Waals surface area (Å²) in [6.45, 7) is -1.48. The second-order valence-electron chi connectivity index (χ2n) is 6.65. The zero-order valence-corrected chi connectivity index (χ0v) is 14.9. The molecule has 1 unspecified atom stereocenters. The molecule has 2 saturated heterocycles. The lowest BCUT2D eigenvalue weighted by Crippen LogP contribution is -2.63. The summed E-state index contributed by atoms with van der Waals surface area (Å²) in [4.78, 5) is 11.8. The molecular weight excluding hydrogens is 388 g/mol. The minimum Gasteiger partial charge on any atom is -0.452 e. The van der Waals surface area contributed by atoms with Crippen LogP contribution >= 0.6 is 0 Å². The summed E-state index contributed by atoms with van der Waals surface area (Å²) in [7, 11) is 0. The van der Waals surface area contributed by atoms with Gasteiger partial charge in [-0.1, -0.05) is 0 Å². The van der Waals surface area contributed by atoms with Crippen LogP contribution in [0.1, 0.15) is 6.92 Å². The smallest absolute Gasteiger partial charge is 0.335 e. The molecule has 10 atom stereocenters. The topological polar surface area (TPSA) is 216 Å². The molecule has 0 spiro atoms. The van der Waals surface area contributed by atoms with Gasteiger partial charge in [-0.15, -0.1) is 0 Å². The van der Waals surface area contributed by atoms with Crippen LogP contribution in [0.5, 0.6) is 0 Å². The van der Waals surface area contributed by atoms with Gasteiger partial charge in [0, 0.05) is 0 Å². The molecular formula is C15H26O13. The second kappa shape index (κ2) is 9.23. The summed E-state index contributed by atoms with van der Waals surface area (Å²) in [5, 5.41) is 77.8. The zero-order valence-electron chi connectivity index (χ0n) is 14.9. The van der Waals surface area contributed by atoms with Gasteiger partial charge < -0.3 is 59.8 Å². The van der Waals surface area contributed by atoms with Crippen molar-refractivity contribution < 1.29 is 64.6 Å². The highest BCUT2D eigenvalue weighted by Gasteiger charge is 2.61. The van der Waals surface area contributed by atoms with Crippen LogP contribution in [-0.2, 0) is 23.7 Å². The summed E-state index contributed by atoms with van der Waals surface area (Å²) < 4.78 is 20.8. The second-order valence-corrected chi connectivity index (χ2v) is 6.65. The first-order valence-electron chi connectivity index (χ1n) is 8.56. The Bertz CT molecular complexity index is 528. The van der Waals surface area contributed by atoms with Gasteiger partial charge in [0.1, 0.15) is 49.3 Å². The fourth-order valence-electron chi connectivity index (χ4n) is 3.00. The highest BCUT2D eigenvalue weighted by atomic mass is 16.8. The Kier molecular flexibility index (Phi) is 7.69. The van der Waals surface area contributed by atoms with Crippen LogP contribution in [0.4, 0.5) is 0 Å². The number of ether oxygens (including phenoxy) is 4. The van der Waals surface area contributed by atoms with Crippen molar-refractivity contribution in [2.75, 3.05) is 19.8 Å². The number of hydrogen-bond acceptors (Lipinski definition) is 13. The van der Waals surface area contributed by atoms with Gasteiger partial charge in [0.05, 0.1) is 13.2 Å². The lowest BCUT2D eigenvalue weighted by atomic mass is 9.99. The van der Waals surface area contributed by atoms with Crippen molar-refractivity contribution in [3.8, 4) is 0 Å². The number of carbonyl (C=O) groups is 1. The van der Waals surface area contributed by atoms with E-state index in [0.29, 0.717) is 0 Å². The van der Waals surface area contributed by atoms with Gasteiger partial charge in [0.2, 0.25) is 5.79 Å². The number of esters is 1. The maximum Gasteiger partial charge on any atom is 0.335 e. The van der Waals surface area contributed by atoms with Gasteiger partial charge in [0.15, 0.2) is 12.4 Å². The van der Waals surface area contributed by atoms with Crippen molar-refractivity contribution in [2.45, 2.75) is 67.8 Å². The predicted molar refractivity (Wildman–Crippen MR) is 84.2 cm³/mol. The van der Waals surface area contributed by atoms with Gasteiger partial charge >= 0.3 is 5.97 Å². The quantitative estimate of drug-likeness (QED) is 0.183. The third-order valence-electron chi connectivity index (χ3n) is 4.62. The summed E-state index contributed by atoms with van der Waals surface area (Å²) in [5.74, 6) is -3.55. The molecule has 0 bridgehead atoms. The third-order valence-corrected chi connectivity index (χ3v) is 4.62. The van der Waals surface area contributed by atoms with Crippen LogP contribution in [0.25, 0.3) is 0 Å². The largest absolute Gasteiger partial charge is 0.452 e. The first kappa shape index (κ1) is 23.3. The molecule has 0 aromatic carbocycles. The maximum atomic E-state index is 11.8. The van der Waals surface area contributed by atoms with Crippen LogP contribution < -0.4 is 0 Å². The lowest BCUT2D eigenvalue weighted by molar-refractivity contribution is -0.384. The Hall–Kier alpha value is -0.970. The van der Waals surface area contributed by atoms with Crippen molar-refractivity contribution in [3.63, 3.8) is 0 Å². The van der Waals surface area contributed by atoms with Crippen LogP contribution in [0.2, 0.25) is 0 Å². The summed E-state index contributed by atoms with van der Waals surface area (Å²) in [6, 6.07) is 0. The van der Waals surface area contributed by atoms with Gasteiger partial charge in [0.25, 0.3) is 0 Å². The highest BCUT2D eigenvalue weighted by Crippen LogP contribution is 2.37. The Balaban J connectivity index is 2.30. The molecule has 0 aromatic rings. The van der Waals surface area contributed by atoms with E-state index in [9.17, 15) is 45.6 Å². The molecule has 2 rings (SSSR count). The fraction of sp³-hybridized carbons (Fsp3) is 0.933. The van der Waals surface area contributed by atoms with Crippen LogP contribution in [0.15, 0.2) is 0 Å². The zero-order chi connectivity index (χ0) is 21.2. The molecule has 2 fully saturated rings. The monoisotopic (exact) mass is 414 g/mol. The molecule has 2 aliphatic heterocycles. The van der Waals surface area contributed by atoms with E-state index in [2.05, 4.69) is 0 Å². The molecule has 13 nitrogen and oxygen atoms in total. The summed E-state index contributed by atoms with van der Waals surface area (Å²) in [5.41, 5.74) is 0. The van der Waals surface area contributed by atoms with Crippen LogP contribution in [0.3, 0.4) is 0 Å². The van der Waals surface area contributed by atoms with Crippen LogP contribution in [0, 0.1) is 0 Å². The van der Waals surface area contributed by atoms with E-state index in [1.165, 1.54) is 0 Å². The van der Waals surface area contributed by atoms with Gasteiger partial charge in [-0.05, 0) is 6.92 Å². The molecule has 164 valence electrons. The van der Waals surface area contributed by atoms with Crippen molar-refractivity contribution in [1.82, 2.24) is 0 Å². The number of carbonyl (C=O) groups excluding carboxylic acids is 1. The first-order chi connectivity index (χ1) is 13.1. The van der Waals surface area contributed by atoms with E-state index < -0.39 is 86.7 Å². The average Bonchev–Trinajstić information content (AvgIpc) is 2.94. The minimum absolute atomic E-state index is 0.750. The van der Waals surface area contributed by atoms with Crippen molar-refractivity contribution in [3.05, 3.63) is 0 Å². The Labute approximate surface area is 159 Å². The maximum absolute atomic E-state index is 11.8. The molecule has 2 aliphatic rings. The standard InChI is InChI=1S/C15H26O13/c1-5(19)13(24)26-12-9(21)7(3-17)27-15(12,4-18)28-14-11(23)10(22)8(20)6(2-16)25-14/h5-12,14,16-23H,2-4H2,1H3/t5?,6-,7-,8-,9-,10+,11-,12+,14-,15+/m1/s1. The fourth-order valence-corrected chi connectivity index (χ4v) is 3.00. The predicted octanol–water partition coefficient (Wildman–Crippen LogP) is -5.46. The first-order valence-corrected chi connectivity index (χ1v) is 8.56. The third kappa shape index (κ3) is 4.29.